The minimum absolute atomic E-state index is 0. The number of nitrogens with one attached hydrogen (secondary N) is 2. The van der Waals surface area contributed by atoms with Gasteiger partial charge in [0.15, 0.2) is 0 Å². The lowest BCUT2D eigenvalue weighted by atomic mass is 10.1. The second kappa shape index (κ2) is 12.1. The number of hydrogen-bond donors (Lipinski definition) is 3. The fraction of sp³-hybridized carbons (Fsp3) is 0.300. The van der Waals surface area contributed by atoms with Crippen molar-refractivity contribution in [3.8, 4) is 0 Å². The van der Waals surface area contributed by atoms with Crippen LogP contribution in [0.4, 0.5) is 11.4 Å². The van der Waals surface area contributed by atoms with Crippen molar-refractivity contribution in [2.24, 2.45) is 5.73 Å². The number of nitrogens with zero attached hydrogens (tertiary/aromatic N) is 1. The van der Waals surface area contributed by atoms with Crippen molar-refractivity contribution < 1.29 is 9.59 Å². The molecule has 0 radical (unpaired) electrons. The van der Waals surface area contributed by atoms with Crippen LogP contribution in [0.1, 0.15) is 12.5 Å². The highest BCUT2D eigenvalue weighted by atomic mass is 35.5. The van der Waals surface area contributed by atoms with Crippen LogP contribution >= 0.6 is 12.4 Å². The number of amides is 2. The molecular weight excluding hydrogens is 364 g/mol. The normalized spacial score (nSPS) is 10.2. The molecule has 0 aliphatic carbocycles. The minimum Gasteiger partial charge on any atom is -0.329 e. The number of benzene rings is 2. The van der Waals surface area contributed by atoms with Crippen molar-refractivity contribution in [3.63, 3.8) is 0 Å². The average molecular weight is 391 g/mol. The van der Waals surface area contributed by atoms with E-state index < -0.39 is 0 Å². The Morgan fingerprint density at radius 1 is 0.963 bits per heavy atom. The summed E-state index contributed by atoms with van der Waals surface area (Å²) in [5, 5.41) is 5.57. The molecule has 6 nitrogen and oxygen atoms in total. The van der Waals surface area contributed by atoms with E-state index in [2.05, 4.69) is 22.8 Å². The van der Waals surface area contributed by atoms with Crippen LogP contribution in [-0.2, 0) is 16.0 Å². The largest absolute Gasteiger partial charge is 0.329 e. The van der Waals surface area contributed by atoms with E-state index in [1.54, 1.807) is 24.3 Å². The smallest absolute Gasteiger partial charge is 0.238 e. The summed E-state index contributed by atoms with van der Waals surface area (Å²) in [6.45, 7) is 3.64. The Morgan fingerprint density at radius 3 is 2.26 bits per heavy atom. The molecule has 0 aliphatic heterocycles. The molecule has 0 spiro atoms. The molecule has 7 heteroatoms. The van der Waals surface area contributed by atoms with Gasteiger partial charge in [-0.3, -0.25) is 14.5 Å². The SMILES string of the molecule is CC(=O)Nc1cccc(NC(=O)CN(CCN)CCc2ccccc2)c1.Cl. The second-order valence-corrected chi connectivity index (χ2v) is 6.11. The van der Waals surface area contributed by atoms with Gasteiger partial charge < -0.3 is 16.4 Å². The van der Waals surface area contributed by atoms with Crippen LogP contribution in [0, 0.1) is 0 Å². The van der Waals surface area contributed by atoms with Crippen LogP contribution in [0.15, 0.2) is 54.6 Å². The molecule has 0 fully saturated rings. The number of carbonyl (C=O) groups is 2. The van der Waals surface area contributed by atoms with Gasteiger partial charge in [-0.2, -0.15) is 0 Å². The van der Waals surface area contributed by atoms with E-state index in [1.165, 1.54) is 12.5 Å². The maximum Gasteiger partial charge on any atom is 0.238 e. The van der Waals surface area contributed by atoms with Gasteiger partial charge in [-0.25, -0.2) is 0 Å². The van der Waals surface area contributed by atoms with Crippen LogP contribution in [-0.4, -0.2) is 42.9 Å². The molecule has 27 heavy (non-hydrogen) atoms. The van der Waals surface area contributed by atoms with E-state index in [-0.39, 0.29) is 30.8 Å². The predicted molar refractivity (Wildman–Crippen MR) is 112 cm³/mol. The standard InChI is InChI=1S/C20H26N4O2.ClH/c1-16(25)22-18-8-5-9-19(14-18)23-20(26)15-24(13-11-21)12-10-17-6-3-2-4-7-17;/h2-9,14H,10-13,15,21H2,1H3,(H,22,25)(H,23,26);1H. The van der Waals surface area contributed by atoms with Crippen molar-refractivity contribution in [1.29, 1.82) is 0 Å². The van der Waals surface area contributed by atoms with Crippen molar-refractivity contribution in [2.75, 3.05) is 36.8 Å². The fourth-order valence-electron chi connectivity index (χ4n) is 2.67. The molecule has 0 atom stereocenters. The van der Waals surface area contributed by atoms with Crippen molar-refractivity contribution in [2.45, 2.75) is 13.3 Å². The highest BCUT2D eigenvalue weighted by Crippen LogP contribution is 2.15. The first-order valence-corrected chi connectivity index (χ1v) is 8.70. The van der Waals surface area contributed by atoms with E-state index in [0.29, 0.717) is 24.5 Å². The fourth-order valence-corrected chi connectivity index (χ4v) is 2.67. The number of hydrogen-bond acceptors (Lipinski definition) is 4. The number of rotatable bonds is 9. The summed E-state index contributed by atoms with van der Waals surface area (Å²) in [7, 11) is 0. The summed E-state index contributed by atoms with van der Waals surface area (Å²) >= 11 is 0. The summed E-state index contributed by atoms with van der Waals surface area (Å²) in [5.41, 5.74) is 8.21. The maximum atomic E-state index is 12.4. The molecule has 146 valence electrons. The third-order valence-corrected chi connectivity index (χ3v) is 3.84. The Morgan fingerprint density at radius 2 is 1.63 bits per heavy atom. The van der Waals surface area contributed by atoms with Crippen LogP contribution in [0.2, 0.25) is 0 Å². The third kappa shape index (κ3) is 8.68. The van der Waals surface area contributed by atoms with E-state index in [4.69, 9.17) is 5.73 Å². The third-order valence-electron chi connectivity index (χ3n) is 3.84. The monoisotopic (exact) mass is 390 g/mol. The molecular formula is C20H27ClN4O2. The van der Waals surface area contributed by atoms with E-state index in [9.17, 15) is 9.59 Å². The first-order chi connectivity index (χ1) is 12.6. The quantitative estimate of drug-likeness (QED) is 0.614. The van der Waals surface area contributed by atoms with Gasteiger partial charge in [-0.15, -0.1) is 12.4 Å². The lowest BCUT2D eigenvalue weighted by molar-refractivity contribution is -0.117. The van der Waals surface area contributed by atoms with Crippen LogP contribution < -0.4 is 16.4 Å². The molecule has 2 aromatic carbocycles. The molecule has 2 rings (SSSR count). The summed E-state index contributed by atoms with van der Waals surface area (Å²) < 4.78 is 0. The molecule has 0 bridgehead atoms. The van der Waals surface area contributed by atoms with Gasteiger partial charge >= 0.3 is 0 Å². The Hall–Kier alpha value is -2.41. The van der Waals surface area contributed by atoms with E-state index >= 15 is 0 Å². The molecule has 0 heterocycles. The molecule has 2 aromatic rings. The molecule has 0 unspecified atom stereocenters. The minimum atomic E-state index is -0.150. The van der Waals surface area contributed by atoms with Gasteiger partial charge in [-0.05, 0) is 30.2 Å². The molecule has 2 amide bonds. The summed E-state index contributed by atoms with van der Waals surface area (Å²) in [4.78, 5) is 25.5. The Bertz CT molecular complexity index is 725. The Balaban J connectivity index is 0.00000364. The topological polar surface area (TPSA) is 87.5 Å². The Kier molecular flexibility index (Phi) is 10.1. The van der Waals surface area contributed by atoms with Gasteiger partial charge in [-0.1, -0.05) is 36.4 Å². The maximum absolute atomic E-state index is 12.4. The molecule has 0 saturated heterocycles. The molecule has 0 aromatic heterocycles. The summed E-state index contributed by atoms with van der Waals surface area (Å²) in [6.07, 6.45) is 0.867. The van der Waals surface area contributed by atoms with E-state index in [0.717, 1.165) is 13.0 Å². The highest BCUT2D eigenvalue weighted by Gasteiger charge is 2.11. The average Bonchev–Trinajstić information content (AvgIpc) is 2.60. The summed E-state index contributed by atoms with van der Waals surface area (Å²) in [6, 6.07) is 17.3. The summed E-state index contributed by atoms with van der Waals surface area (Å²) in [5.74, 6) is -0.255. The zero-order valence-corrected chi connectivity index (χ0v) is 16.3. The zero-order chi connectivity index (χ0) is 18.8. The van der Waals surface area contributed by atoms with Gasteiger partial charge in [0, 0.05) is 37.9 Å². The van der Waals surface area contributed by atoms with Crippen LogP contribution in [0.5, 0.6) is 0 Å². The first kappa shape index (κ1) is 22.6. The van der Waals surface area contributed by atoms with Gasteiger partial charge in [0.2, 0.25) is 11.8 Å². The van der Waals surface area contributed by atoms with Crippen molar-refractivity contribution in [1.82, 2.24) is 4.90 Å². The number of anilines is 2. The lowest BCUT2D eigenvalue weighted by Gasteiger charge is -2.21. The van der Waals surface area contributed by atoms with Crippen LogP contribution in [0.25, 0.3) is 0 Å². The number of carbonyl (C=O) groups excluding carboxylic acids is 2. The van der Waals surface area contributed by atoms with Crippen LogP contribution in [0.3, 0.4) is 0 Å². The van der Waals surface area contributed by atoms with Crippen molar-refractivity contribution >= 4 is 35.6 Å². The molecule has 4 N–H and O–H groups in total. The predicted octanol–water partition coefficient (Wildman–Crippen LogP) is 2.51. The molecule has 0 saturated carbocycles. The lowest BCUT2D eigenvalue weighted by Crippen LogP contribution is -2.38. The van der Waals surface area contributed by atoms with E-state index in [1.807, 2.05) is 23.1 Å². The number of nitrogens with two attached hydrogens (primary N) is 1. The highest BCUT2D eigenvalue weighted by molar-refractivity contribution is 5.94. The number of halogens is 1. The first-order valence-electron chi connectivity index (χ1n) is 8.70. The van der Waals surface area contributed by atoms with Gasteiger partial charge in [0.05, 0.1) is 6.54 Å². The Labute approximate surface area is 166 Å². The zero-order valence-electron chi connectivity index (χ0n) is 15.5. The van der Waals surface area contributed by atoms with Gasteiger partial charge in [0.1, 0.15) is 0 Å². The van der Waals surface area contributed by atoms with Gasteiger partial charge in [0.25, 0.3) is 0 Å². The molecule has 0 aliphatic rings. The van der Waals surface area contributed by atoms with Crippen molar-refractivity contribution in [3.05, 3.63) is 60.2 Å². The second-order valence-electron chi connectivity index (χ2n) is 6.11.